The van der Waals surface area contributed by atoms with Crippen LogP contribution in [0.3, 0.4) is 0 Å². The Kier molecular flexibility index (Phi) is 2.58. The van der Waals surface area contributed by atoms with Crippen molar-refractivity contribution in [3.05, 3.63) is 38.7 Å². The second-order valence-corrected chi connectivity index (χ2v) is 2.96. The van der Waals surface area contributed by atoms with E-state index in [1.807, 2.05) is 13.8 Å². The van der Waals surface area contributed by atoms with Gasteiger partial charge in [0.2, 0.25) is 0 Å². The van der Waals surface area contributed by atoms with E-state index in [4.69, 9.17) is 17.1 Å². The summed E-state index contributed by atoms with van der Waals surface area (Å²) < 4.78 is 0. The number of hydrogen-bond acceptors (Lipinski definition) is 1. The van der Waals surface area contributed by atoms with Crippen molar-refractivity contribution in [1.82, 2.24) is 0 Å². The molecule has 0 atom stereocenters. The van der Waals surface area contributed by atoms with E-state index < -0.39 is 0 Å². The van der Waals surface area contributed by atoms with Crippen molar-refractivity contribution in [2.75, 3.05) is 0 Å². The van der Waals surface area contributed by atoms with Gasteiger partial charge in [-0.25, -0.2) is 0 Å². The summed E-state index contributed by atoms with van der Waals surface area (Å²) >= 11 is 5.92. The van der Waals surface area contributed by atoms with Crippen LogP contribution in [0, 0.1) is 13.8 Å². The molecule has 0 heterocycles. The first-order valence-electron chi connectivity index (χ1n) is 3.47. The molecule has 0 unspecified atom stereocenters. The molecule has 0 saturated heterocycles. The van der Waals surface area contributed by atoms with Gasteiger partial charge >= 0.3 is 0 Å². The highest BCUT2D eigenvalue weighted by Gasteiger charge is 2.00. The quantitative estimate of drug-likeness (QED) is 0.359. The van der Waals surface area contributed by atoms with E-state index >= 15 is 0 Å². The van der Waals surface area contributed by atoms with Crippen LogP contribution in [0.25, 0.3) is 10.4 Å². The molecule has 0 aromatic heterocycles. The topological polar surface area (TPSA) is 48.8 Å². The Morgan fingerprint density at radius 1 is 1.33 bits per heavy atom. The van der Waals surface area contributed by atoms with Crippen LogP contribution >= 0.6 is 11.6 Å². The Morgan fingerprint density at radius 3 is 2.25 bits per heavy atom. The lowest BCUT2D eigenvalue weighted by Crippen LogP contribution is -1.79. The molecule has 1 aromatic rings. The SMILES string of the molecule is Cc1cc(N=[N+]=[N-])cc(C)c1Cl. The van der Waals surface area contributed by atoms with Gasteiger partial charge in [0.1, 0.15) is 0 Å². The zero-order valence-electron chi connectivity index (χ0n) is 6.87. The van der Waals surface area contributed by atoms with Crippen molar-refractivity contribution >= 4 is 17.3 Å². The van der Waals surface area contributed by atoms with Gasteiger partial charge in [-0.3, -0.25) is 0 Å². The molecule has 1 rings (SSSR count). The molecule has 0 N–H and O–H groups in total. The number of hydrogen-bond donors (Lipinski definition) is 0. The van der Waals surface area contributed by atoms with Crippen molar-refractivity contribution in [2.45, 2.75) is 13.8 Å². The Labute approximate surface area is 75.6 Å². The van der Waals surface area contributed by atoms with Crippen LogP contribution in [0.15, 0.2) is 17.2 Å². The lowest BCUT2D eigenvalue weighted by molar-refractivity contribution is 1.35. The molecule has 0 spiro atoms. The van der Waals surface area contributed by atoms with E-state index in [-0.39, 0.29) is 0 Å². The average Bonchev–Trinajstić information content (AvgIpc) is 2.01. The van der Waals surface area contributed by atoms with E-state index in [1.54, 1.807) is 12.1 Å². The predicted molar refractivity (Wildman–Crippen MR) is 49.7 cm³/mol. The van der Waals surface area contributed by atoms with Gasteiger partial charge in [-0.1, -0.05) is 16.7 Å². The van der Waals surface area contributed by atoms with E-state index in [9.17, 15) is 0 Å². The minimum Gasteiger partial charge on any atom is -0.0838 e. The first-order chi connectivity index (χ1) is 5.65. The fourth-order valence-electron chi connectivity index (χ4n) is 1.03. The molecule has 0 aliphatic rings. The minimum absolute atomic E-state index is 0.608. The van der Waals surface area contributed by atoms with Crippen LogP contribution in [0.1, 0.15) is 11.1 Å². The first kappa shape index (κ1) is 8.91. The Bertz CT molecular complexity index is 330. The second-order valence-electron chi connectivity index (χ2n) is 2.58. The molecule has 12 heavy (non-hydrogen) atoms. The molecule has 0 aliphatic heterocycles. The van der Waals surface area contributed by atoms with Crippen LogP contribution in [-0.2, 0) is 0 Å². The highest BCUT2D eigenvalue weighted by Crippen LogP contribution is 2.25. The predicted octanol–water partition coefficient (Wildman–Crippen LogP) is 3.90. The largest absolute Gasteiger partial charge is 0.0838 e. The number of benzene rings is 1. The van der Waals surface area contributed by atoms with Crippen LogP contribution in [0.5, 0.6) is 0 Å². The number of halogens is 1. The van der Waals surface area contributed by atoms with Crippen LogP contribution in [0.4, 0.5) is 5.69 Å². The third-order valence-electron chi connectivity index (χ3n) is 1.58. The summed E-state index contributed by atoms with van der Waals surface area (Å²) in [6, 6.07) is 3.52. The van der Waals surface area contributed by atoms with Crippen molar-refractivity contribution in [3.8, 4) is 0 Å². The standard InChI is InChI=1S/C8H8ClN3/c1-5-3-7(11-12-10)4-6(2)8(5)9/h3-4H,1-2H3. The molecule has 1 aromatic carbocycles. The molecule has 0 aliphatic carbocycles. The summed E-state index contributed by atoms with van der Waals surface area (Å²) in [6.07, 6.45) is 0. The summed E-state index contributed by atoms with van der Waals surface area (Å²) in [6.45, 7) is 3.76. The zero-order valence-corrected chi connectivity index (χ0v) is 7.63. The lowest BCUT2D eigenvalue weighted by atomic mass is 10.1. The smallest absolute Gasteiger partial charge is 0.0464 e. The molecule has 0 radical (unpaired) electrons. The summed E-state index contributed by atoms with van der Waals surface area (Å²) in [4.78, 5) is 2.70. The number of nitrogens with zero attached hydrogens (tertiary/aromatic N) is 3. The average molecular weight is 182 g/mol. The number of aryl methyl sites for hydroxylation is 2. The van der Waals surface area contributed by atoms with Crippen molar-refractivity contribution in [3.63, 3.8) is 0 Å². The zero-order chi connectivity index (χ0) is 9.14. The van der Waals surface area contributed by atoms with Gasteiger partial charge < -0.3 is 0 Å². The van der Waals surface area contributed by atoms with Gasteiger partial charge in [0, 0.05) is 15.6 Å². The van der Waals surface area contributed by atoms with Crippen molar-refractivity contribution in [1.29, 1.82) is 0 Å². The van der Waals surface area contributed by atoms with Crippen LogP contribution in [0.2, 0.25) is 5.02 Å². The van der Waals surface area contributed by atoms with Gasteiger partial charge in [0.05, 0.1) is 0 Å². The maximum atomic E-state index is 8.20. The van der Waals surface area contributed by atoms with E-state index in [0.717, 1.165) is 16.1 Å². The van der Waals surface area contributed by atoms with Crippen LogP contribution in [-0.4, -0.2) is 0 Å². The fraction of sp³-hybridized carbons (Fsp3) is 0.250. The summed E-state index contributed by atoms with van der Waals surface area (Å²) in [5, 5.41) is 4.22. The van der Waals surface area contributed by atoms with Gasteiger partial charge in [0.25, 0.3) is 0 Å². The molecular formula is C8H8ClN3. The second kappa shape index (κ2) is 3.48. The third kappa shape index (κ3) is 1.70. The molecule has 0 amide bonds. The highest BCUT2D eigenvalue weighted by molar-refractivity contribution is 6.32. The van der Waals surface area contributed by atoms with E-state index in [1.165, 1.54) is 0 Å². The van der Waals surface area contributed by atoms with Gasteiger partial charge in [-0.05, 0) is 42.6 Å². The Hall–Kier alpha value is -1.18. The molecule has 3 nitrogen and oxygen atoms in total. The minimum atomic E-state index is 0.608. The molecule has 0 saturated carbocycles. The Morgan fingerprint density at radius 2 is 1.83 bits per heavy atom. The van der Waals surface area contributed by atoms with E-state index in [0.29, 0.717) is 5.69 Å². The molecule has 0 bridgehead atoms. The van der Waals surface area contributed by atoms with Gasteiger partial charge in [-0.2, -0.15) is 0 Å². The van der Waals surface area contributed by atoms with Gasteiger partial charge in [-0.15, -0.1) is 0 Å². The molecule has 0 fully saturated rings. The summed E-state index contributed by atoms with van der Waals surface area (Å²) in [5.74, 6) is 0. The fourth-order valence-corrected chi connectivity index (χ4v) is 1.14. The third-order valence-corrected chi connectivity index (χ3v) is 2.18. The summed E-state index contributed by atoms with van der Waals surface area (Å²) in [5.41, 5.74) is 10.7. The normalized spacial score (nSPS) is 9.25. The van der Waals surface area contributed by atoms with Crippen molar-refractivity contribution in [2.24, 2.45) is 5.11 Å². The number of azide groups is 1. The number of rotatable bonds is 1. The van der Waals surface area contributed by atoms with Crippen LogP contribution < -0.4 is 0 Å². The van der Waals surface area contributed by atoms with Crippen molar-refractivity contribution < 1.29 is 0 Å². The molecular weight excluding hydrogens is 174 g/mol. The molecule has 4 heteroatoms. The maximum Gasteiger partial charge on any atom is 0.0464 e. The van der Waals surface area contributed by atoms with E-state index in [2.05, 4.69) is 10.0 Å². The highest BCUT2D eigenvalue weighted by atomic mass is 35.5. The lowest BCUT2D eigenvalue weighted by Gasteiger charge is -2.02. The van der Waals surface area contributed by atoms with Gasteiger partial charge in [0.15, 0.2) is 0 Å². The first-order valence-corrected chi connectivity index (χ1v) is 3.85. The monoisotopic (exact) mass is 181 g/mol. The maximum absolute atomic E-state index is 8.20. The summed E-state index contributed by atoms with van der Waals surface area (Å²) in [7, 11) is 0. The molecule has 62 valence electrons. The Balaban J connectivity index is 3.30.